The maximum Gasteiger partial charge on any atom is 0.473 e. The molecule has 0 saturated heterocycles. The third-order valence-electron chi connectivity index (χ3n) is 2.40. The van der Waals surface area contributed by atoms with Crippen LogP contribution in [0.2, 0.25) is 0 Å². The highest BCUT2D eigenvalue weighted by atomic mass is 31.2. The van der Waals surface area contributed by atoms with Gasteiger partial charge >= 0.3 is 21.6 Å². The fourth-order valence-electron chi connectivity index (χ4n) is 1.22. The minimum Gasteiger partial charge on any atom is -0.479 e. The van der Waals surface area contributed by atoms with Gasteiger partial charge < -0.3 is 35.1 Å². The average molecular weight is 429 g/mol. The number of carbonyl (C=O) groups excluding carboxylic acids is 1. The van der Waals surface area contributed by atoms with E-state index in [0.717, 1.165) is 5.48 Å². The van der Waals surface area contributed by atoms with E-state index in [1.807, 2.05) is 0 Å². The molecule has 5 atom stereocenters. The Morgan fingerprint density at radius 2 is 1.46 bits per heavy atom. The van der Waals surface area contributed by atoms with Gasteiger partial charge in [-0.15, -0.1) is 0 Å². The van der Waals surface area contributed by atoms with Crippen LogP contribution in [0.25, 0.3) is 0 Å². The molecule has 0 aliphatic carbocycles. The van der Waals surface area contributed by atoms with Crippen LogP contribution in [0, 0.1) is 0 Å². The molecule has 16 nitrogen and oxygen atoms in total. The monoisotopic (exact) mass is 429 g/mol. The highest BCUT2D eigenvalue weighted by Crippen LogP contribution is 2.45. The lowest BCUT2D eigenvalue weighted by atomic mass is 10.2. The molecule has 154 valence electrons. The number of hydrogen-bond donors (Lipinski definition) is 9. The molecule has 9 N–H and O–H groups in total. The number of phosphoric acid groups is 2. The van der Waals surface area contributed by atoms with E-state index in [4.69, 9.17) is 25.2 Å². The molecule has 0 rings (SSSR count). The second-order valence-corrected chi connectivity index (χ2v) is 7.12. The molecule has 0 aromatic heterocycles. The third kappa shape index (κ3) is 9.63. The SMILES string of the molecule is O=C(NO)[C@H](O)[C@H](O)COP(=O)(O)O[C@@H](C(=O)O)[C@H](O)COP(=O)(O)O. The number of aliphatic carboxylic acids is 1. The van der Waals surface area contributed by atoms with Crippen molar-refractivity contribution < 1.29 is 72.6 Å². The number of amides is 1. The van der Waals surface area contributed by atoms with Gasteiger partial charge in [-0.25, -0.2) is 19.4 Å². The van der Waals surface area contributed by atoms with E-state index in [0.29, 0.717) is 0 Å². The molecular weight excluding hydrogens is 412 g/mol. The Balaban J connectivity index is 4.84. The first-order chi connectivity index (χ1) is 11.7. The normalized spacial score (nSPS) is 19.0. The number of aliphatic hydroxyl groups excluding tert-OH is 3. The second kappa shape index (κ2) is 10.4. The Morgan fingerprint density at radius 1 is 0.962 bits per heavy atom. The number of carboxylic acids is 1. The van der Waals surface area contributed by atoms with Crippen molar-refractivity contribution in [3.8, 4) is 0 Å². The number of phosphoric ester groups is 2. The van der Waals surface area contributed by atoms with E-state index in [1.54, 1.807) is 0 Å². The van der Waals surface area contributed by atoms with E-state index < -0.39 is 65.2 Å². The minimum atomic E-state index is -5.31. The van der Waals surface area contributed by atoms with Gasteiger partial charge in [0.15, 0.2) is 12.2 Å². The zero-order chi connectivity index (χ0) is 20.7. The van der Waals surface area contributed by atoms with E-state index in [2.05, 4.69) is 13.6 Å². The van der Waals surface area contributed by atoms with Crippen molar-refractivity contribution in [2.75, 3.05) is 13.2 Å². The zero-order valence-electron chi connectivity index (χ0n) is 12.6. The van der Waals surface area contributed by atoms with Crippen LogP contribution >= 0.6 is 15.6 Å². The van der Waals surface area contributed by atoms with Crippen LogP contribution in [-0.2, 0) is 32.3 Å². The Kier molecular flexibility index (Phi) is 9.97. The summed E-state index contributed by atoms with van der Waals surface area (Å²) in [6.45, 7) is -2.54. The van der Waals surface area contributed by atoms with Gasteiger partial charge in [-0.05, 0) is 0 Å². The first-order valence-corrected chi connectivity index (χ1v) is 9.29. The lowest BCUT2D eigenvalue weighted by Crippen LogP contribution is -2.43. The molecule has 0 aliphatic rings. The summed E-state index contributed by atoms with van der Waals surface area (Å²) in [5.74, 6) is -3.52. The van der Waals surface area contributed by atoms with E-state index in [9.17, 15) is 33.8 Å². The van der Waals surface area contributed by atoms with Crippen LogP contribution in [0.4, 0.5) is 0 Å². The van der Waals surface area contributed by atoms with E-state index in [-0.39, 0.29) is 0 Å². The molecular formula is C8H17NO15P2. The van der Waals surface area contributed by atoms with Crippen molar-refractivity contribution in [3.05, 3.63) is 0 Å². The van der Waals surface area contributed by atoms with Gasteiger partial charge in [0.2, 0.25) is 0 Å². The fourth-order valence-corrected chi connectivity index (χ4v) is 2.48. The van der Waals surface area contributed by atoms with Gasteiger partial charge in [0, 0.05) is 0 Å². The molecule has 0 fully saturated rings. The Hall–Kier alpha value is -1.00. The maximum atomic E-state index is 11.6. The number of nitrogens with one attached hydrogen (secondary N) is 1. The van der Waals surface area contributed by atoms with Crippen LogP contribution in [0.3, 0.4) is 0 Å². The second-order valence-electron chi connectivity index (χ2n) is 4.47. The van der Waals surface area contributed by atoms with Crippen molar-refractivity contribution in [2.24, 2.45) is 0 Å². The summed E-state index contributed by atoms with van der Waals surface area (Å²) >= 11 is 0. The van der Waals surface area contributed by atoms with Crippen molar-refractivity contribution in [1.29, 1.82) is 0 Å². The van der Waals surface area contributed by atoms with Crippen molar-refractivity contribution >= 4 is 27.5 Å². The number of carboxylic acid groups (broad SMARTS) is 1. The van der Waals surface area contributed by atoms with Gasteiger partial charge in [-0.3, -0.25) is 23.6 Å². The number of hydrogen-bond acceptors (Lipinski definition) is 11. The molecule has 0 bridgehead atoms. The number of hydroxylamine groups is 1. The zero-order valence-corrected chi connectivity index (χ0v) is 14.3. The smallest absolute Gasteiger partial charge is 0.473 e. The molecule has 1 unspecified atom stereocenters. The molecule has 0 aliphatic heterocycles. The largest absolute Gasteiger partial charge is 0.479 e. The Bertz CT molecular complexity index is 576. The molecule has 1 amide bonds. The lowest BCUT2D eigenvalue weighted by Gasteiger charge is -2.23. The van der Waals surface area contributed by atoms with Crippen LogP contribution < -0.4 is 5.48 Å². The summed E-state index contributed by atoms with van der Waals surface area (Å²) in [5, 5.41) is 44.9. The molecule has 0 spiro atoms. The predicted octanol–water partition coefficient (Wildman–Crippen LogP) is -3.73. The van der Waals surface area contributed by atoms with Gasteiger partial charge in [0.05, 0.1) is 13.2 Å². The predicted molar refractivity (Wildman–Crippen MR) is 74.2 cm³/mol. The van der Waals surface area contributed by atoms with Crippen molar-refractivity contribution in [2.45, 2.75) is 24.4 Å². The molecule has 0 saturated carbocycles. The molecule has 0 radical (unpaired) electrons. The Morgan fingerprint density at radius 3 is 1.88 bits per heavy atom. The fraction of sp³-hybridized carbons (Fsp3) is 0.750. The van der Waals surface area contributed by atoms with Crippen LogP contribution in [0.5, 0.6) is 0 Å². The van der Waals surface area contributed by atoms with Crippen LogP contribution in [0.15, 0.2) is 0 Å². The standard InChI is InChI=1S/C8H17NO15P2/c10-3(5(12)7(13)9-16)1-23-26(20,21)24-6(8(14)15)4(11)2-22-25(17,18)19/h3-6,10-12,16H,1-2H2,(H,9,13)(H,14,15)(H,20,21)(H2,17,18,19)/t3-,4-,5-,6-/m1/s1. The topological polar surface area (TPSA) is 270 Å². The van der Waals surface area contributed by atoms with Crippen molar-refractivity contribution in [1.82, 2.24) is 5.48 Å². The first kappa shape index (κ1) is 25.0. The lowest BCUT2D eigenvalue weighted by molar-refractivity contribution is -0.153. The highest BCUT2D eigenvalue weighted by Gasteiger charge is 2.38. The number of rotatable bonds is 12. The summed E-state index contributed by atoms with van der Waals surface area (Å²) in [6.07, 6.45) is -9.28. The van der Waals surface area contributed by atoms with E-state index >= 15 is 0 Å². The van der Waals surface area contributed by atoms with E-state index in [1.165, 1.54) is 0 Å². The first-order valence-electron chi connectivity index (χ1n) is 6.27. The van der Waals surface area contributed by atoms with Crippen LogP contribution in [-0.4, -0.2) is 89.8 Å². The minimum absolute atomic E-state index is 0.975. The molecule has 26 heavy (non-hydrogen) atoms. The van der Waals surface area contributed by atoms with Gasteiger partial charge in [0.25, 0.3) is 5.91 Å². The molecule has 0 aromatic rings. The van der Waals surface area contributed by atoms with Crippen LogP contribution in [0.1, 0.15) is 0 Å². The number of aliphatic hydroxyl groups is 3. The van der Waals surface area contributed by atoms with Gasteiger partial charge in [-0.2, -0.15) is 0 Å². The molecule has 0 aromatic carbocycles. The Labute approximate surface area is 144 Å². The summed E-state index contributed by atoms with van der Waals surface area (Å²) in [4.78, 5) is 48.0. The van der Waals surface area contributed by atoms with Crippen molar-refractivity contribution in [3.63, 3.8) is 0 Å². The van der Waals surface area contributed by atoms with Gasteiger partial charge in [-0.1, -0.05) is 0 Å². The third-order valence-corrected chi connectivity index (χ3v) is 3.86. The quantitative estimate of drug-likeness (QED) is 0.0819. The summed E-state index contributed by atoms with van der Waals surface area (Å²) in [5.41, 5.74) is 0.975. The summed E-state index contributed by atoms with van der Waals surface area (Å²) in [6, 6.07) is 0. The summed E-state index contributed by atoms with van der Waals surface area (Å²) in [7, 11) is -10.4. The average Bonchev–Trinajstić information content (AvgIpc) is 2.53. The van der Waals surface area contributed by atoms with Gasteiger partial charge in [0.1, 0.15) is 12.2 Å². The summed E-state index contributed by atoms with van der Waals surface area (Å²) < 4.78 is 34.1. The number of carbonyl (C=O) groups is 2. The molecule has 18 heteroatoms. The highest BCUT2D eigenvalue weighted by molar-refractivity contribution is 7.47. The maximum absolute atomic E-state index is 11.6. The molecule has 0 heterocycles.